The molecule has 0 atom stereocenters. The van der Waals surface area contributed by atoms with Crippen molar-refractivity contribution < 1.29 is 8.42 Å². The Balaban J connectivity index is 2.43. The van der Waals surface area contributed by atoms with E-state index in [0.29, 0.717) is 0 Å². The Bertz CT molecular complexity index is 631. The average Bonchev–Trinajstić information content (AvgIpc) is 2.28. The first kappa shape index (κ1) is 12.1. The number of hydrogen-bond donors (Lipinski definition) is 0. The molecule has 88 valence electrons. The third-order valence-corrected chi connectivity index (χ3v) is 3.86. The molecule has 0 heterocycles. The molecular formula is C13H11ClO2S. The normalized spacial score (nSPS) is 11.4. The molecule has 0 N–H and O–H groups in total. The predicted octanol–water partition coefficient (Wildman–Crippen LogP) is 3.59. The minimum Gasteiger partial charge on any atom is -0.207 e. The van der Waals surface area contributed by atoms with Gasteiger partial charge in [-0.25, -0.2) is 8.42 Å². The zero-order chi connectivity index (χ0) is 12.5. The monoisotopic (exact) mass is 266 g/mol. The van der Waals surface area contributed by atoms with E-state index in [4.69, 9.17) is 10.7 Å². The molecule has 0 amide bonds. The van der Waals surface area contributed by atoms with E-state index in [0.717, 1.165) is 16.7 Å². The topological polar surface area (TPSA) is 34.1 Å². The second-order valence-corrected chi connectivity index (χ2v) is 6.40. The zero-order valence-corrected chi connectivity index (χ0v) is 10.8. The smallest absolute Gasteiger partial charge is 0.207 e. The van der Waals surface area contributed by atoms with Crippen molar-refractivity contribution in [2.24, 2.45) is 0 Å². The first-order valence-corrected chi connectivity index (χ1v) is 7.39. The second-order valence-electron chi connectivity index (χ2n) is 3.83. The third-order valence-electron chi connectivity index (χ3n) is 2.49. The van der Waals surface area contributed by atoms with Crippen molar-refractivity contribution in [2.75, 3.05) is 0 Å². The van der Waals surface area contributed by atoms with Gasteiger partial charge < -0.3 is 0 Å². The van der Waals surface area contributed by atoms with Gasteiger partial charge >= 0.3 is 0 Å². The van der Waals surface area contributed by atoms with E-state index in [1.165, 1.54) is 12.1 Å². The Labute approximate surface area is 105 Å². The van der Waals surface area contributed by atoms with Crippen LogP contribution < -0.4 is 0 Å². The van der Waals surface area contributed by atoms with Crippen molar-refractivity contribution in [3.05, 3.63) is 54.1 Å². The first-order valence-electron chi connectivity index (χ1n) is 5.08. The Kier molecular flexibility index (Phi) is 3.22. The van der Waals surface area contributed by atoms with Crippen LogP contribution in [0.3, 0.4) is 0 Å². The van der Waals surface area contributed by atoms with Crippen molar-refractivity contribution in [1.29, 1.82) is 0 Å². The summed E-state index contributed by atoms with van der Waals surface area (Å²) in [7, 11) is 1.62. The number of rotatable bonds is 2. The Morgan fingerprint density at radius 1 is 0.941 bits per heavy atom. The van der Waals surface area contributed by atoms with Gasteiger partial charge in [-0.2, -0.15) is 0 Å². The zero-order valence-electron chi connectivity index (χ0n) is 9.22. The summed E-state index contributed by atoms with van der Waals surface area (Å²) in [4.78, 5) is 0.121. The highest BCUT2D eigenvalue weighted by atomic mass is 35.7. The fourth-order valence-electron chi connectivity index (χ4n) is 1.63. The maximum absolute atomic E-state index is 11.1. The largest absolute Gasteiger partial charge is 0.261 e. The van der Waals surface area contributed by atoms with Crippen LogP contribution in [0.4, 0.5) is 0 Å². The molecule has 2 rings (SSSR count). The molecule has 0 aliphatic carbocycles. The second kappa shape index (κ2) is 4.51. The lowest BCUT2D eigenvalue weighted by atomic mass is 10.0. The van der Waals surface area contributed by atoms with Gasteiger partial charge in [-0.05, 0) is 30.2 Å². The van der Waals surface area contributed by atoms with Gasteiger partial charge in [0.05, 0.1) is 4.90 Å². The molecule has 0 radical (unpaired) electrons. The molecule has 0 unspecified atom stereocenters. The lowest BCUT2D eigenvalue weighted by molar-refractivity contribution is 0.609. The van der Waals surface area contributed by atoms with Gasteiger partial charge in [-0.1, -0.05) is 42.0 Å². The molecule has 0 spiro atoms. The highest BCUT2D eigenvalue weighted by Crippen LogP contribution is 2.23. The van der Waals surface area contributed by atoms with Crippen LogP contribution in [-0.4, -0.2) is 8.42 Å². The van der Waals surface area contributed by atoms with Gasteiger partial charge in [0, 0.05) is 10.7 Å². The van der Waals surface area contributed by atoms with E-state index < -0.39 is 9.05 Å². The molecule has 0 aromatic heterocycles. The molecule has 0 bridgehead atoms. The van der Waals surface area contributed by atoms with Crippen LogP contribution >= 0.6 is 10.7 Å². The molecule has 0 saturated heterocycles. The minimum absolute atomic E-state index is 0.121. The van der Waals surface area contributed by atoms with Crippen LogP contribution in [0.1, 0.15) is 5.56 Å². The summed E-state index contributed by atoms with van der Waals surface area (Å²) in [5.41, 5.74) is 3.19. The summed E-state index contributed by atoms with van der Waals surface area (Å²) in [6.07, 6.45) is 0. The van der Waals surface area contributed by atoms with Crippen LogP contribution in [0.15, 0.2) is 53.4 Å². The van der Waals surface area contributed by atoms with Gasteiger partial charge in [0.1, 0.15) is 0 Å². The van der Waals surface area contributed by atoms with Crippen LogP contribution in [0.25, 0.3) is 11.1 Å². The van der Waals surface area contributed by atoms with Crippen LogP contribution in [-0.2, 0) is 9.05 Å². The summed E-state index contributed by atoms with van der Waals surface area (Å²) in [6, 6.07) is 14.5. The number of aryl methyl sites for hydroxylation is 1. The standard InChI is InChI=1S/C13H11ClO2S/c1-10-3-2-4-12(9-10)11-5-7-13(8-6-11)17(14,15)16/h2-9H,1H3. The van der Waals surface area contributed by atoms with E-state index in [1.807, 2.05) is 31.2 Å². The van der Waals surface area contributed by atoms with E-state index in [2.05, 4.69) is 0 Å². The number of hydrogen-bond acceptors (Lipinski definition) is 2. The highest BCUT2D eigenvalue weighted by molar-refractivity contribution is 8.13. The number of halogens is 1. The molecule has 0 saturated carbocycles. The van der Waals surface area contributed by atoms with E-state index in [-0.39, 0.29) is 4.90 Å². The van der Waals surface area contributed by atoms with Gasteiger partial charge in [0.25, 0.3) is 9.05 Å². The molecule has 0 aliphatic rings. The third kappa shape index (κ3) is 2.87. The van der Waals surface area contributed by atoms with Crippen LogP contribution in [0, 0.1) is 6.92 Å². The first-order chi connectivity index (χ1) is 7.97. The van der Waals surface area contributed by atoms with E-state index >= 15 is 0 Å². The van der Waals surface area contributed by atoms with Crippen molar-refractivity contribution in [2.45, 2.75) is 11.8 Å². The summed E-state index contributed by atoms with van der Waals surface area (Å²) in [5, 5.41) is 0. The molecular weight excluding hydrogens is 256 g/mol. The summed E-state index contributed by atoms with van der Waals surface area (Å²) in [5.74, 6) is 0. The molecule has 2 aromatic rings. The van der Waals surface area contributed by atoms with Crippen molar-refractivity contribution in [3.8, 4) is 11.1 Å². The fourth-order valence-corrected chi connectivity index (χ4v) is 2.40. The molecule has 0 fully saturated rings. The lowest BCUT2D eigenvalue weighted by Crippen LogP contribution is -1.89. The summed E-state index contributed by atoms with van der Waals surface area (Å²) >= 11 is 0. The highest BCUT2D eigenvalue weighted by Gasteiger charge is 2.09. The van der Waals surface area contributed by atoms with Gasteiger partial charge in [-0.3, -0.25) is 0 Å². The molecule has 2 nitrogen and oxygen atoms in total. The fraction of sp³-hybridized carbons (Fsp3) is 0.0769. The minimum atomic E-state index is -3.64. The lowest BCUT2D eigenvalue weighted by Gasteiger charge is -2.03. The van der Waals surface area contributed by atoms with Crippen LogP contribution in [0.5, 0.6) is 0 Å². The molecule has 0 aliphatic heterocycles. The predicted molar refractivity (Wildman–Crippen MR) is 69.7 cm³/mol. The van der Waals surface area contributed by atoms with Gasteiger partial charge in [0.15, 0.2) is 0 Å². The van der Waals surface area contributed by atoms with Gasteiger partial charge in [0.2, 0.25) is 0 Å². The molecule has 17 heavy (non-hydrogen) atoms. The summed E-state index contributed by atoms with van der Waals surface area (Å²) in [6.45, 7) is 2.01. The molecule has 2 aromatic carbocycles. The quantitative estimate of drug-likeness (QED) is 0.779. The van der Waals surface area contributed by atoms with Crippen LogP contribution in [0.2, 0.25) is 0 Å². The van der Waals surface area contributed by atoms with Crippen molar-refractivity contribution >= 4 is 19.7 Å². The Morgan fingerprint density at radius 3 is 2.12 bits per heavy atom. The van der Waals surface area contributed by atoms with Crippen molar-refractivity contribution in [3.63, 3.8) is 0 Å². The summed E-state index contributed by atoms with van der Waals surface area (Å²) < 4.78 is 22.2. The van der Waals surface area contributed by atoms with E-state index in [1.54, 1.807) is 12.1 Å². The molecule has 4 heteroatoms. The van der Waals surface area contributed by atoms with Crippen molar-refractivity contribution in [1.82, 2.24) is 0 Å². The number of benzene rings is 2. The Morgan fingerprint density at radius 2 is 1.59 bits per heavy atom. The van der Waals surface area contributed by atoms with Gasteiger partial charge in [-0.15, -0.1) is 0 Å². The average molecular weight is 267 g/mol. The SMILES string of the molecule is Cc1cccc(-c2ccc(S(=O)(=O)Cl)cc2)c1. The van der Waals surface area contributed by atoms with E-state index in [9.17, 15) is 8.42 Å². The maximum Gasteiger partial charge on any atom is 0.261 e. The maximum atomic E-state index is 11.1. The Hall–Kier alpha value is -1.32.